The van der Waals surface area contributed by atoms with Crippen LogP contribution in [0, 0.1) is 11.8 Å². The SMILES string of the molecule is CC(C(=O)O)C1CN(C(=O)COCc2ccccc2)C1. The van der Waals surface area contributed by atoms with E-state index in [1.165, 1.54) is 0 Å². The minimum Gasteiger partial charge on any atom is -0.481 e. The lowest BCUT2D eigenvalue weighted by atomic mass is 9.87. The van der Waals surface area contributed by atoms with Crippen LogP contribution in [-0.4, -0.2) is 41.6 Å². The van der Waals surface area contributed by atoms with Gasteiger partial charge in [-0.15, -0.1) is 0 Å². The van der Waals surface area contributed by atoms with Crippen molar-refractivity contribution in [1.82, 2.24) is 4.90 Å². The highest BCUT2D eigenvalue weighted by atomic mass is 16.5. The summed E-state index contributed by atoms with van der Waals surface area (Å²) in [6, 6.07) is 9.66. The number of carbonyl (C=O) groups excluding carboxylic acids is 1. The van der Waals surface area contributed by atoms with E-state index in [9.17, 15) is 9.59 Å². The van der Waals surface area contributed by atoms with Gasteiger partial charge in [0, 0.05) is 19.0 Å². The van der Waals surface area contributed by atoms with E-state index in [2.05, 4.69) is 0 Å². The maximum atomic E-state index is 11.8. The highest BCUT2D eigenvalue weighted by Gasteiger charge is 2.36. The number of likely N-dealkylation sites (tertiary alicyclic amines) is 1. The van der Waals surface area contributed by atoms with Crippen LogP contribution in [0.15, 0.2) is 30.3 Å². The summed E-state index contributed by atoms with van der Waals surface area (Å²) >= 11 is 0. The third kappa shape index (κ3) is 3.57. The van der Waals surface area contributed by atoms with E-state index >= 15 is 0 Å². The Hall–Kier alpha value is -1.88. The molecule has 1 amide bonds. The number of amides is 1. The first-order valence-electron chi connectivity index (χ1n) is 6.70. The summed E-state index contributed by atoms with van der Waals surface area (Å²) in [4.78, 5) is 24.3. The van der Waals surface area contributed by atoms with Crippen molar-refractivity contribution in [2.75, 3.05) is 19.7 Å². The van der Waals surface area contributed by atoms with Gasteiger partial charge in [-0.2, -0.15) is 0 Å². The summed E-state index contributed by atoms with van der Waals surface area (Å²) in [7, 11) is 0. The molecule has 2 rings (SSSR count). The highest BCUT2D eigenvalue weighted by Crippen LogP contribution is 2.24. The van der Waals surface area contributed by atoms with Crippen molar-refractivity contribution >= 4 is 11.9 Å². The van der Waals surface area contributed by atoms with Gasteiger partial charge in [-0.3, -0.25) is 9.59 Å². The second-order valence-electron chi connectivity index (χ2n) is 5.16. The van der Waals surface area contributed by atoms with Crippen molar-refractivity contribution in [2.24, 2.45) is 11.8 Å². The van der Waals surface area contributed by atoms with Crippen molar-refractivity contribution in [3.05, 3.63) is 35.9 Å². The largest absolute Gasteiger partial charge is 0.481 e. The maximum Gasteiger partial charge on any atom is 0.306 e. The second kappa shape index (κ2) is 6.52. The van der Waals surface area contributed by atoms with Crippen LogP contribution in [0.4, 0.5) is 0 Å². The summed E-state index contributed by atoms with van der Waals surface area (Å²) in [6.45, 7) is 3.17. The second-order valence-corrected chi connectivity index (χ2v) is 5.16. The molecule has 1 heterocycles. The molecule has 0 spiro atoms. The van der Waals surface area contributed by atoms with Crippen LogP contribution in [0.25, 0.3) is 0 Å². The third-order valence-corrected chi connectivity index (χ3v) is 3.70. The van der Waals surface area contributed by atoms with Gasteiger partial charge in [0.15, 0.2) is 0 Å². The molecule has 1 aliphatic heterocycles. The molecule has 1 aliphatic rings. The minimum atomic E-state index is -0.803. The molecule has 0 saturated carbocycles. The number of carboxylic acids is 1. The summed E-state index contributed by atoms with van der Waals surface area (Å²) < 4.78 is 5.37. The van der Waals surface area contributed by atoms with Crippen LogP contribution in [0.5, 0.6) is 0 Å². The molecule has 5 heteroatoms. The Morgan fingerprint density at radius 3 is 2.60 bits per heavy atom. The summed E-state index contributed by atoms with van der Waals surface area (Å²) in [5, 5.41) is 8.88. The normalized spacial score (nSPS) is 16.6. The predicted octanol–water partition coefficient (Wildman–Crippen LogP) is 1.38. The van der Waals surface area contributed by atoms with Crippen molar-refractivity contribution in [3.63, 3.8) is 0 Å². The van der Waals surface area contributed by atoms with Crippen LogP contribution >= 0.6 is 0 Å². The lowest BCUT2D eigenvalue weighted by molar-refractivity contribution is -0.152. The zero-order chi connectivity index (χ0) is 14.5. The Labute approximate surface area is 118 Å². The predicted molar refractivity (Wildman–Crippen MR) is 73.0 cm³/mol. The molecule has 1 unspecified atom stereocenters. The zero-order valence-corrected chi connectivity index (χ0v) is 11.5. The van der Waals surface area contributed by atoms with E-state index < -0.39 is 11.9 Å². The number of nitrogens with zero attached hydrogens (tertiary/aromatic N) is 1. The average Bonchev–Trinajstić information content (AvgIpc) is 2.38. The van der Waals surface area contributed by atoms with Crippen LogP contribution < -0.4 is 0 Å². The first-order chi connectivity index (χ1) is 9.58. The van der Waals surface area contributed by atoms with Crippen molar-refractivity contribution in [2.45, 2.75) is 13.5 Å². The Morgan fingerprint density at radius 1 is 1.35 bits per heavy atom. The lowest BCUT2D eigenvalue weighted by Gasteiger charge is -2.41. The number of carboxylic acid groups (broad SMARTS) is 1. The topological polar surface area (TPSA) is 66.8 Å². The molecule has 1 atom stereocenters. The minimum absolute atomic E-state index is 0.0447. The van der Waals surface area contributed by atoms with Gasteiger partial charge < -0.3 is 14.7 Å². The van der Waals surface area contributed by atoms with E-state index in [-0.39, 0.29) is 18.4 Å². The van der Waals surface area contributed by atoms with E-state index in [0.29, 0.717) is 19.7 Å². The summed E-state index contributed by atoms with van der Waals surface area (Å²) in [5.41, 5.74) is 1.03. The molecule has 1 fully saturated rings. The van der Waals surface area contributed by atoms with Crippen LogP contribution in [0.1, 0.15) is 12.5 Å². The van der Waals surface area contributed by atoms with E-state index in [0.717, 1.165) is 5.56 Å². The maximum absolute atomic E-state index is 11.8. The molecule has 1 N–H and O–H groups in total. The van der Waals surface area contributed by atoms with Gasteiger partial charge >= 0.3 is 5.97 Å². The Morgan fingerprint density at radius 2 is 2.00 bits per heavy atom. The molecule has 1 saturated heterocycles. The fourth-order valence-corrected chi connectivity index (χ4v) is 2.16. The molecule has 0 bridgehead atoms. The number of carbonyl (C=O) groups is 2. The van der Waals surface area contributed by atoms with Crippen molar-refractivity contribution < 1.29 is 19.4 Å². The standard InChI is InChI=1S/C15H19NO4/c1-11(15(18)19)13-7-16(8-13)14(17)10-20-9-12-5-3-2-4-6-12/h2-6,11,13H,7-10H2,1H3,(H,18,19). The monoisotopic (exact) mass is 277 g/mol. The molecular weight excluding hydrogens is 258 g/mol. The van der Waals surface area contributed by atoms with Gasteiger partial charge in [0.05, 0.1) is 12.5 Å². The van der Waals surface area contributed by atoms with Gasteiger partial charge in [-0.25, -0.2) is 0 Å². The number of rotatable bonds is 6. The van der Waals surface area contributed by atoms with E-state index in [4.69, 9.17) is 9.84 Å². The quantitative estimate of drug-likeness (QED) is 0.853. The third-order valence-electron chi connectivity index (χ3n) is 3.70. The molecule has 5 nitrogen and oxygen atoms in total. The lowest BCUT2D eigenvalue weighted by Crippen LogP contribution is -2.54. The molecule has 0 radical (unpaired) electrons. The molecule has 1 aromatic carbocycles. The van der Waals surface area contributed by atoms with Gasteiger partial charge in [-0.1, -0.05) is 37.3 Å². The fourth-order valence-electron chi connectivity index (χ4n) is 2.16. The zero-order valence-electron chi connectivity index (χ0n) is 11.5. The fraction of sp³-hybridized carbons (Fsp3) is 0.467. The smallest absolute Gasteiger partial charge is 0.306 e. The van der Waals surface area contributed by atoms with Crippen molar-refractivity contribution in [1.29, 1.82) is 0 Å². The van der Waals surface area contributed by atoms with Crippen LogP contribution in [0.3, 0.4) is 0 Å². The number of aliphatic carboxylic acids is 1. The van der Waals surface area contributed by atoms with Crippen LogP contribution in [-0.2, 0) is 20.9 Å². The number of hydrogen-bond acceptors (Lipinski definition) is 3. The van der Waals surface area contributed by atoms with Gasteiger partial charge in [-0.05, 0) is 5.56 Å². The van der Waals surface area contributed by atoms with E-state index in [1.807, 2.05) is 30.3 Å². The summed E-state index contributed by atoms with van der Waals surface area (Å²) in [6.07, 6.45) is 0. The number of hydrogen-bond donors (Lipinski definition) is 1. The molecule has 0 aliphatic carbocycles. The molecule has 1 aromatic rings. The van der Waals surface area contributed by atoms with Gasteiger partial charge in [0.2, 0.25) is 5.91 Å². The average molecular weight is 277 g/mol. The van der Waals surface area contributed by atoms with E-state index in [1.54, 1.807) is 11.8 Å². The molecule has 0 aromatic heterocycles. The molecular formula is C15H19NO4. The highest BCUT2D eigenvalue weighted by molar-refractivity contribution is 5.79. The summed E-state index contributed by atoms with van der Waals surface area (Å²) in [5.74, 6) is -1.22. The Kier molecular flexibility index (Phi) is 4.74. The first kappa shape index (κ1) is 14.5. The Bertz CT molecular complexity index is 468. The molecule has 20 heavy (non-hydrogen) atoms. The van der Waals surface area contributed by atoms with Crippen LogP contribution in [0.2, 0.25) is 0 Å². The molecule has 108 valence electrons. The first-order valence-corrected chi connectivity index (χ1v) is 6.70. The number of ether oxygens (including phenoxy) is 1. The van der Waals surface area contributed by atoms with Crippen molar-refractivity contribution in [3.8, 4) is 0 Å². The van der Waals surface area contributed by atoms with Gasteiger partial charge in [0.1, 0.15) is 6.61 Å². The Balaban J connectivity index is 1.66. The number of benzene rings is 1. The van der Waals surface area contributed by atoms with Gasteiger partial charge in [0.25, 0.3) is 0 Å².